The Kier molecular flexibility index (Phi) is 7.72. The molecule has 0 fully saturated rings. The number of para-hydroxylation sites is 1. The Balaban J connectivity index is 1.84. The number of hydrogen-bond acceptors (Lipinski definition) is 1. The van der Waals surface area contributed by atoms with E-state index >= 15 is 0 Å². The van der Waals surface area contributed by atoms with E-state index in [2.05, 4.69) is 65.2 Å². The van der Waals surface area contributed by atoms with Crippen LogP contribution in [0.25, 0.3) is 11.0 Å². The average Bonchev–Trinajstić information content (AvgIpc) is 3.05. The third kappa shape index (κ3) is 5.85. The molecule has 0 aliphatic heterocycles. The largest absolute Gasteiger partial charge is 0.455 e. The summed E-state index contributed by atoms with van der Waals surface area (Å²) in [6.45, 7) is 14.1. The topological polar surface area (TPSA) is 13.1 Å². The van der Waals surface area contributed by atoms with Gasteiger partial charge in [-0.3, -0.25) is 0 Å². The Morgan fingerprint density at radius 2 is 1.46 bits per heavy atom. The normalized spacial score (nSPS) is 12.8. The molecule has 26 heavy (non-hydrogen) atoms. The highest BCUT2D eigenvalue weighted by Crippen LogP contribution is 2.23. The number of furan rings is 1. The van der Waals surface area contributed by atoms with Crippen molar-refractivity contribution in [1.29, 1.82) is 0 Å². The summed E-state index contributed by atoms with van der Waals surface area (Å²) in [6.07, 6.45) is 5.38. The van der Waals surface area contributed by atoms with Crippen LogP contribution in [0.1, 0.15) is 52.2 Å². The standard InChI is InChI=1S/C23H40N2O/c1-6-24(4,5)17-13-9-10-14-18-25(7-2,8-3)20-22-19-21-15-11-12-16-23(21)26-22/h11-12,15-16,19H,6-10,13-14,17-18,20H2,1-5H3/q+2. The predicted octanol–water partition coefficient (Wildman–Crippen LogP) is 5.45. The van der Waals surface area contributed by atoms with Crippen LogP contribution in [0.5, 0.6) is 0 Å². The molecule has 146 valence electrons. The van der Waals surface area contributed by atoms with E-state index in [0.717, 1.165) is 26.9 Å². The minimum atomic E-state index is 1.02. The zero-order chi connectivity index (χ0) is 19.0. The van der Waals surface area contributed by atoms with Gasteiger partial charge in [-0.1, -0.05) is 18.2 Å². The summed E-state index contributed by atoms with van der Waals surface area (Å²) in [7, 11) is 4.67. The van der Waals surface area contributed by atoms with Crippen LogP contribution >= 0.6 is 0 Å². The van der Waals surface area contributed by atoms with Gasteiger partial charge < -0.3 is 13.4 Å². The van der Waals surface area contributed by atoms with Crippen molar-refractivity contribution in [2.75, 3.05) is 46.8 Å². The van der Waals surface area contributed by atoms with Crippen LogP contribution in [-0.4, -0.2) is 55.8 Å². The summed E-state index contributed by atoms with van der Waals surface area (Å²) in [5.74, 6) is 1.14. The minimum Gasteiger partial charge on any atom is -0.455 e. The highest BCUT2D eigenvalue weighted by molar-refractivity contribution is 5.77. The molecule has 0 amide bonds. The number of rotatable bonds is 12. The fraction of sp³-hybridized carbons (Fsp3) is 0.652. The van der Waals surface area contributed by atoms with Crippen LogP contribution in [-0.2, 0) is 6.54 Å². The Labute approximate surface area is 160 Å². The van der Waals surface area contributed by atoms with Gasteiger partial charge in [0.05, 0.1) is 46.8 Å². The van der Waals surface area contributed by atoms with Crippen LogP contribution in [0.15, 0.2) is 34.7 Å². The molecule has 0 bridgehead atoms. The van der Waals surface area contributed by atoms with Crippen LogP contribution < -0.4 is 0 Å². The summed E-state index contributed by atoms with van der Waals surface area (Å²) in [5.41, 5.74) is 1.02. The zero-order valence-electron chi connectivity index (χ0n) is 17.8. The maximum atomic E-state index is 6.10. The van der Waals surface area contributed by atoms with Gasteiger partial charge in [0.1, 0.15) is 12.1 Å². The predicted molar refractivity (Wildman–Crippen MR) is 112 cm³/mol. The minimum absolute atomic E-state index is 1.02. The van der Waals surface area contributed by atoms with Crippen molar-refractivity contribution in [2.45, 2.75) is 53.0 Å². The Bertz CT molecular complexity index is 622. The van der Waals surface area contributed by atoms with E-state index in [4.69, 9.17) is 4.42 Å². The van der Waals surface area contributed by atoms with Gasteiger partial charge >= 0.3 is 0 Å². The van der Waals surface area contributed by atoms with E-state index in [1.165, 1.54) is 63.8 Å². The van der Waals surface area contributed by atoms with Gasteiger partial charge in [-0.2, -0.15) is 0 Å². The number of unbranched alkanes of at least 4 members (excludes halogenated alkanes) is 3. The molecule has 3 heteroatoms. The molecule has 2 aromatic rings. The highest BCUT2D eigenvalue weighted by Gasteiger charge is 2.25. The summed E-state index contributed by atoms with van der Waals surface area (Å²) in [4.78, 5) is 0. The number of nitrogens with zero attached hydrogens (tertiary/aromatic N) is 2. The lowest BCUT2D eigenvalue weighted by Gasteiger charge is -2.36. The maximum absolute atomic E-state index is 6.10. The first-order valence-electron chi connectivity index (χ1n) is 10.6. The van der Waals surface area contributed by atoms with E-state index in [1.54, 1.807) is 0 Å². The van der Waals surface area contributed by atoms with E-state index < -0.39 is 0 Å². The van der Waals surface area contributed by atoms with Crippen molar-refractivity contribution in [3.05, 3.63) is 36.1 Å². The molecular weight excluding hydrogens is 320 g/mol. The second-order valence-corrected chi connectivity index (χ2v) is 8.50. The second kappa shape index (κ2) is 9.57. The molecule has 2 rings (SSSR count). The molecule has 0 aliphatic carbocycles. The van der Waals surface area contributed by atoms with E-state index in [1.807, 2.05) is 0 Å². The van der Waals surface area contributed by atoms with Gasteiger partial charge in [0, 0.05) is 5.39 Å². The van der Waals surface area contributed by atoms with Crippen molar-refractivity contribution in [3.63, 3.8) is 0 Å². The number of quaternary nitrogens is 2. The SMILES string of the molecule is CC[N+](C)(C)CCCCCC[N+](CC)(CC)Cc1cc2ccccc2o1. The fourth-order valence-electron chi connectivity index (χ4n) is 3.79. The lowest BCUT2D eigenvalue weighted by molar-refractivity contribution is -0.938. The lowest BCUT2D eigenvalue weighted by atomic mass is 10.1. The van der Waals surface area contributed by atoms with E-state index in [9.17, 15) is 0 Å². The fourth-order valence-corrected chi connectivity index (χ4v) is 3.79. The highest BCUT2D eigenvalue weighted by atomic mass is 16.3. The Morgan fingerprint density at radius 3 is 2.08 bits per heavy atom. The molecule has 0 saturated heterocycles. The number of fused-ring (bicyclic) bond motifs is 1. The van der Waals surface area contributed by atoms with E-state index in [-0.39, 0.29) is 0 Å². The lowest BCUT2D eigenvalue weighted by Crippen LogP contribution is -2.47. The molecule has 1 aromatic carbocycles. The van der Waals surface area contributed by atoms with Gasteiger partial charge in [-0.15, -0.1) is 0 Å². The summed E-state index contributed by atoms with van der Waals surface area (Å²) >= 11 is 0. The first-order chi connectivity index (χ1) is 12.4. The Hall–Kier alpha value is -1.32. The summed E-state index contributed by atoms with van der Waals surface area (Å²) in [6, 6.07) is 10.6. The summed E-state index contributed by atoms with van der Waals surface area (Å²) < 4.78 is 8.39. The van der Waals surface area contributed by atoms with Gasteiger partial charge in [0.25, 0.3) is 0 Å². The first kappa shape index (κ1) is 21.0. The number of benzene rings is 1. The Morgan fingerprint density at radius 1 is 0.808 bits per heavy atom. The third-order valence-corrected chi connectivity index (χ3v) is 6.31. The summed E-state index contributed by atoms with van der Waals surface area (Å²) in [5, 5.41) is 1.23. The van der Waals surface area contributed by atoms with Crippen LogP contribution in [0.3, 0.4) is 0 Å². The second-order valence-electron chi connectivity index (χ2n) is 8.50. The van der Waals surface area contributed by atoms with E-state index in [0.29, 0.717) is 0 Å². The maximum Gasteiger partial charge on any atom is 0.159 e. The first-order valence-corrected chi connectivity index (χ1v) is 10.6. The average molecular weight is 361 g/mol. The van der Waals surface area contributed by atoms with Crippen LogP contribution in [0, 0.1) is 0 Å². The molecule has 0 atom stereocenters. The number of hydrogen-bond donors (Lipinski definition) is 0. The third-order valence-electron chi connectivity index (χ3n) is 6.31. The zero-order valence-corrected chi connectivity index (χ0v) is 17.8. The molecule has 0 spiro atoms. The monoisotopic (exact) mass is 360 g/mol. The molecule has 3 nitrogen and oxygen atoms in total. The van der Waals surface area contributed by atoms with Gasteiger partial charge in [-0.05, 0) is 58.6 Å². The van der Waals surface area contributed by atoms with Gasteiger partial charge in [-0.25, -0.2) is 0 Å². The van der Waals surface area contributed by atoms with Crippen molar-refractivity contribution < 1.29 is 13.4 Å². The molecule has 0 saturated carbocycles. The van der Waals surface area contributed by atoms with Crippen LogP contribution in [0.4, 0.5) is 0 Å². The molecule has 0 aliphatic rings. The molecule has 0 unspecified atom stereocenters. The van der Waals surface area contributed by atoms with Crippen molar-refractivity contribution >= 4 is 11.0 Å². The molecule has 1 aromatic heterocycles. The smallest absolute Gasteiger partial charge is 0.159 e. The van der Waals surface area contributed by atoms with Crippen LogP contribution in [0.2, 0.25) is 0 Å². The van der Waals surface area contributed by atoms with Gasteiger partial charge in [0.2, 0.25) is 0 Å². The van der Waals surface area contributed by atoms with Crippen molar-refractivity contribution in [1.82, 2.24) is 0 Å². The van der Waals surface area contributed by atoms with Crippen molar-refractivity contribution in [2.24, 2.45) is 0 Å². The molecule has 0 radical (unpaired) electrons. The molecular formula is C23H40N2O+2. The van der Waals surface area contributed by atoms with Crippen molar-refractivity contribution in [3.8, 4) is 0 Å². The molecule has 1 heterocycles. The van der Waals surface area contributed by atoms with Gasteiger partial charge in [0.15, 0.2) is 5.76 Å². The molecule has 0 N–H and O–H groups in total. The quantitative estimate of drug-likeness (QED) is 0.362.